The second kappa shape index (κ2) is 4.72. The van der Waals surface area contributed by atoms with Crippen molar-refractivity contribution >= 4 is 21.6 Å². The summed E-state index contributed by atoms with van der Waals surface area (Å²) in [6, 6.07) is 5.18. The van der Waals surface area contributed by atoms with Crippen molar-refractivity contribution in [3.63, 3.8) is 0 Å². The molecule has 14 heavy (non-hydrogen) atoms. The fraction of sp³-hybridized carbons (Fsp3) is 0.250. The second-order valence-corrected chi connectivity index (χ2v) is 4.63. The van der Waals surface area contributed by atoms with Gasteiger partial charge in [-0.3, -0.25) is 0 Å². The van der Waals surface area contributed by atoms with Gasteiger partial charge in [0.2, 0.25) is 10.0 Å². The lowest BCUT2D eigenvalue weighted by atomic mass is 10.4. The quantitative estimate of drug-likeness (QED) is 0.804. The summed E-state index contributed by atoms with van der Waals surface area (Å²) in [4.78, 5) is -0.356. The average Bonchev–Trinajstić information content (AvgIpc) is 2.15. The number of nitrogens with one attached hydrogen (secondary N) is 1. The lowest BCUT2D eigenvalue weighted by Gasteiger charge is -2.05. The first-order valence-corrected chi connectivity index (χ1v) is 5.90. The molecule has 0 aliphatic carbocycles. The summed E-state index contributed by atoms with van der Waals surface area (Å²) in [6.45, 7) is 0.0816. The largest absolute Gasteiger partial charge is 0.243 e. The molecule has 0 radical (unpaired) electrons. The van der Waals surface area contributed by atoms with Crippen LogP contribution in [0.1, 0.15) is 0 Å². The maximum Gasteiger partial charge on any atom is 0.243 e. The lowest BCUT2D eigenvalue weighted by Crippen LogP contribution is -2.26. The van der Waals surface area contributed by atoms with Crippen molar-refractivity contribution in [3.05, 3.63) is 30.1 Å². The van der Waals surface area contributed by atoms with Crippen LogP contribution >= 0.6 is 11.6 Å². The predicted molar refractivity (Wildman–Crippen MR) is 52.3 cm³/mol. The topological polar surface area (TPSA) is 46.2 Å². The normalized spacial score (nSPS) is 11.6. The van der Waals surface area contributed by atoms with Gasteiger partial charge in [-0.05, 0) is 12.1 Å². The van der Waals surface area contributed by atoms with Crippen LogP contribution in [0.2, 0.25) is 0 Å². The zero-order chi connectivity index (χ0) is 10.6. The van der Waals surface area contributed by atoms with Crippen molar-refractivity contribution in [1.29, 1.82) is 0 Å². The van der Waals surface area contributed by atoms with Gasteiger partial charge >= 0.3 is 0 Å². The van der Waals surface area contributed by atoms with Gasteiger partial charge in [0.25, 0.3) is 0 Å². The molecule has 0 heterocycles. The minimum absolute atomic E-state index is 0.0816. The maximum absolute atomic E-state index is 13.1. The summed E-state index contributed by atoms with van der Waals surface area (Å²) in [5.41, 5.74) is 0. The van der Waals surface area contributed by atoms with Gasteiger partial charge < -0.3 is 0 Å². The standard InChI is InChI=1S/C8H9ClFNO2S/c9-5-6-11-14(12,13)8-4-2-1-3-7(8)10/h1-4,11H,5-6H2. The van der Waals surface area contributed by atoms with Crippen LogP contribution in [0.5, 0.6) is 0 Å². The van der Waals surface area contributed by atoms with Crippen molar-refractivity contribution in [1.82, 2.24) is 4.72 Å². The van der Waals surface area contributed by atoms with Crippen LogP contribution in [0.15, 0.2) is 29.2 Å². The van der Waals surface area contributed by atoms with E-state index >= 15 is 0 Å². The third-order valence-electron chi connectivity index (χ3n) is 1.51. The molecular formula is C8H9ClFNO2S. The molecule has 1 aromatic carbocycles. The van der Waals surface area contributed by atoms with Crippen molar-refractivity contribution in [3.8, 4) is 0 Å². The number of rotatable bonds is 4. The van der Waals surface area contributed by atoms with Gasteiger partial charge in [0, 0.05) is 12.4 Å². The molecule has 0 aromatic heterocycles. The predicted octanol–water partition coefficient (Wildman–Crippen LogP) is 1.34. The molecule has 0 aliphatic rings. The molecule has 0 saturated carbocycles. The Bertz CT molecular complexity index is 408. The van der Waals surface area contributed by atoms with Crippen molar-refractivity contribution < 1.29 is 12.8 Å². The molecule has 1 N–H and O–H groups in total. The van der Waals surface area contributed by atoms with Crippen LogP contribution in [0.4, 0.5) is 4.39 Å². The monoisotopic (exact) mass is 237 g/mol. The fourth-order valence-corrected chi connectivity index (χ4v) is 2.23. The zero-order valence-corrected chi connectivity index (χ0v) is 8.78. The summed E-state index contributed by atoms with van der Waals surface area (Å²) in [5, 5.41) is 0. The molecular weight excluding hydrogens is 229 g/mol. The SMILES string of the molecule is O=S(=O)(NCCCl)c1ccccc1F. The van der Waals surface area contributed by atoms with Crippen LogP contribution in [0.25, 0.3) is 0 Å². The van der Waals surface area contributed by atoms with Crippen LogP contribution < -0.4 is 4.72 Å². The molecule has 0 unspecified atom stereocenters. The zero-order valence-electron chi connectivity index (χ0n) is 7.20. The van der Waals surface area contributed by atoms with Gasteiger partial charge in [-0.2, -0.15) is 0 Å². The molecule has 1 rings (SSSR count). The molecule has 0 bridgehead atoms. The number of halogens is 2. The molecule has 0 saturated heterocycles. The fourth-order valence-electron chi connectivity index (χ4n) is 0.913. The van der Waals surface area contributed by atoms with E-state index in [-0.39, 0.29) is 17.3 Å². The molecule has 0 aliphatic heterocycles. The van der Waals surface area contributed by atoms with Gasteiger partial charge in [-0.15, -0.1) is 11.6 Å². The van der Waals surface area contributed by atoms with E-state index in [9.17, 15) is 12.8 Å². The number of sulfonamides is 1. The van der Waals surface area contributed by atoms with E-state index in [1.807, 2.05) is 0 Å². The third kappa shape index (κ3) is 2.67. The first-order valence-electron chi connectivity index (χ1n) is 3.88. The van der Waals surface area contributed by atoms with Crippen LogP contribution in [-0.2, 0) is 10.0 Å². The van der Waals surface area contributed by atoms with Gasteiger partial charge in [0.05, 0.1) is 0 Å². The van der Waals surface area contributed by atoms with E-state index in [1.54, 1.807) is 0 Å². The van der Waals surface area contributed by atoms with E-state index < -0.39 is 15.8 Å². The molecule has 78 valence electrons. The lowest BCUT2D eigenvalue weighted by molar-refractivity contribution is 0.559. The van der Waals surface area contributed by atoms with Crippen molar-refractivity contribution in [2.24, 2.45) is 0 Å². The van der Waals surface area contributed by atoms with E-state index in [0.717, 1.165) is 6.07 Å². The van der Waals surface area contributed by atoms with Crippen molar-refractivity contribution in [2.75, 3.05) is 12.4 Å². The van der Waals surface area contributed by atoms with Crippen LogP contribution in [0.3, 0.4) is 0 Å². The Morgan fingerprint density at radius 3 is 2.57 bits per heavy atom. The van der Waals surface area contributed by atoms with E-state index in [4.69, 9.17) is 11.6 Å². The first-order chi connectivity index (χ1) is 6.58. The summed E-state index contributed by atoms with van der Waals surface area (Å²) in [7, 11) is -3.76. The highest BCUT2D eigenvalue weighted by Crippen LogP contribution is 2.12. The Balaban J connectivity index is 2.99. The Morgan fingerprint density at radius 1 is 1.36 bits per heavy atom. The van der Waals surface area contributed by atoms with Crippen LogP contribution in [0, 0.1) is 5.82 Å². The first kappa shape index (κ1) is 11.4. The molecule has 3 nitrogen and oxygen atoms in total. The number of hydrogen-bond acceptors (Lipinski definition) is 2. The third-order valence-corrected chi connectivity index (χ3v) is 3.20. The van der Waals surface area contributed by atoms with Crippen molar-refractivity contribution in [2.45, 2.75) is 4.90 Å². The number of alkyl halides is 1. The number of benzene rings is 1. The highest BCUT2D eigenvalue weighted by atomic mass is 35.5. The van der Waals surface area contributed by atoms with E-state index in [0.29, 0.717) is 0 Å². The summed E-state index contributed by atoms with van der Waals surface area (Å²) in [6.07, 6.45) is 0. The molecule has 0 atom stereocenters. The Labute approximate surface area is 86.9 Å². The highest BCUT2D eigenvalue weighted by Gasteiger charge is 2.16. The maximum atomic E-state index is 13.1. The van der Waals surface area contributed by atoms with Gasteiger partial charge in [0.1, 0.15) is 10.7 Å². The van der Waals surface area contributed by atoms with E-state index in [1.165, 1.54) is 18.2 Å². The number of hydrogen-bond donors (Lipinski definition) is 1. The van der Waals surface area contributed by atoms with Crippen LogP contribution in [-0.4, -0.2) is 20.8 Å². The average molecular weight is 238 g/mol. The summed E-state index contributed by atoms with van der Waals surface area (Å²) < 4.78 is 38.0. The highest BCUT2D eigenvalue weighted by molar-refractivity contribution is 7.89. The Kier molecular flexibility index (Phi) is 3.86. The Hall–Kier alpha value is -0.650. The second-order valence-electron chi connectivity index (χ2n) is 2.52. The molecule has 0 spiro atoms. The molecule has 0 amide bonds. The molecule has 6 heteroatoms. The van der Waals surface area contributed by atoms with E-state index in [2.05, 4.69) is 4.72 Å². The molecule has 0 fully saturated rings. The van der Waals surface area contributed by atoms with Gasteiger partial charge in [-0.1, -0.05) is 12.1 Å². The molecule has 1 aromatic rings. The smallest absolute Gasteiger partial charge is 0.210 e. The van der Waals surface area contributed by atoms with Gasteiger partial charge in [-0.25, -0.2) is 17.5 Å². The summed E-state index contributed by atoms with van der Waals surface area (Å²) in [5.74, 6) is -0.622. The summed E-state index contributed by atoms with van der Waals surface area (Å²) >= 11 is 5.31. The van der Waals surface area contributed by atoms with Gasteiger partial charge in [0.15, 0.2) is 0 Å². The minimum atomic E-state index is -3.76. The minimum Gasteiger partial charge on any atom is -0.210 e. The Morgan fingerprint density at radius 2 is 2.00 bits per heavy atom.